The number of ether oxygens (including phenoxy) is 1. The Morgan fingerprint density at radius 2 is 1.74 bits per heavy atom. The normalized spacial score (nSPS) is 19.7. The number of carbonyl (C=O) groups excluding carboxylic acids is 1. The maximum absolute atomic E-state index is 12.5. The quantitative estimate of drug-likeness (QED) is 0.534. The molecule has 0 saturated carbocycles. The van der Waals surface area contributed by atoms with Gasteiger partial charge in [-0.05, 0) is 62.7 Å². The van der Waals surface area contributed by atoms with Gasteiger partial charge in [-0.3, -0.25) is 0 Å². The summed E-state index contributed by atoms with van der Waals surface area (Å²) in [5, 5.41) is 4.29. The lowest BCUT2D eigenvalue weighted by Crippen LogP contribution is -2.59. The van der Waals surface area contributed by atoms with Crippen LogP contribution in [0.3, 0.4) is 0 Å². The third-order valence-corrected chi connectivity index (χ3v) is 5.79. The molecule has 0 spiro atoms. The molecule has 1 aliphatic heterocycles. The van der Waals surface area contributed by atoms with Crippen LogP contribution in [0.5, 0.6) is 0 Å². The number of hydrogen-bond donors (Lipinski definition) is 0. The van der Waals surface area contributed by atoms with Gasteiger partial charge in [-0.15, -0.1) is 0 Å². The number of anilines is 1. The largest absolute Gasteiger partial charge is 0.444 e. The number of fused-ring (bicyclic) bond motifs is 1. The maximum Gasteiger partial charge on any atom is 0.410 e. The standard InChI is InChI=1S/C22H27BrN6O2/c1-14-11-27(21(30)31-22(3,4)5)12-15(2)29(14)19-7-6-16(8-24-19)17-9-25-20-18(23)10-26-28(20)13-17/h6-10,13-15H,11-12H2,1-5H3. The van der Waals surface area contributed by atoms with Crippen molar-refractivity contribution in [2.24, 2.45) is 0 Å². The highest BCUT2D eigenvalue weighted by Crippen LogP contribution is 2.27. The number of amides is 1. The summed E-state index contributed by atoms with van der Waals surface area (Å²) < 4.78 is 8.15. The lowest BCUT2D eigenvalue weighted by Gasteiger charge is -2.45. The molecule has 3 aromatic rings. The van der Waals surface area contributed by atoms with Gasteiger partial charge in [0.05, 0.1) is 10.7 Å². The maximum atomic E-state index is 12.5. The molecule has 2 atom stereocenters. The molecule has 1 fully saturated rings. The smallest absolute Gasteiger partial charge is 0.410 e. The lowest BCUT2D eigenvalue weighted by molar-refractivity contribution is 0.0192. The molecule has 4 rings (SSSR count). The van der Waals surface area contributed by atoms with Gasteiger partial charge in [-0.1, -0.05) is 0 Å². The van der Waals surface area contributed by atoms with Gasteiger partial charge in [0, 0.05) is 54.9 Å². The fraction of sp³-hybridized carbons (Fsp3) is 0.455. The SMILES string of the molecule is CC1CN(C(=O)OC(C)(C)C)CC(C)N1c1ccc(-c2cnc3c(Br)cnn3c2)cn1. The first-order valence-corrected chi connectivity index (χ1v) is 11.1. The Morgan fingerprint density at radius 3 is 2.35 bits per heavy atom. The van der Waals surface area contributed by atoms with Gasteiger partial charge in [-0.2, -0.15) is 5.10 Å². The Bertz CT molecular complexity index is 1080. The Kier molecular flexibility index (Phi) is 5.63. The Hall–Kier alpha value is -2.68. The molecule has 1 aliphatic rings. The van der Waals surface area contributed by atoms with E-state index in [1.807, 2.05) is 51.5 Å². The van der Waals surface area contributed by atoms with Crippen molar-refractivity contribution in [1.82, 2.24) is 24.5 Å². The Labute approximate surface area is 190 Å². The van der Waals surface area contributed by atoms with Gasteiger partial charge in [-0.25, -0.2) is 19.3 Å². The van der Waals surface area contributed by atoms with E-state index < -0.39 is 5.60 Å². The number of rotatable bonds is 2. The fourth-order valence-corrected chi connectivity index (χ4v) is 4.33. The monoisotopic (exact) mass is 486 g/mol. The summed E-state index contributed by atoms with van der Waals surface area (Å²) in [6.07, 6.45) is 7.09. The molecule has 9 heteroatoms. The number of hydrogen-bond acceptors (Lipinski definition) is 6. The van der Waals surface area contributed by atoms with Crippen molar-refractivity contribution in [3.8, 4) is 11.1 Å². The molecule has 0 bridgehead atoms. The zero-order chi connectivity index (χ0) is 22.3. The molecule has 2 unspecified atom stereocenters. The van der Waals surface area contributed by atoms with Crippen LogP contribution in [0.25, 0.3) is 16.8 Å². The number of aromatic nitrogens is 4. The predicted octanol–water partition coefficient (Wildman–Crippen LogP) is 4.39. The van der Waals surface area contributed by atoms with Gasteiger partial charge in [0.2, 0.25) is 0 Å². The lowest BCUT2D eigenvalue weighted by atomic mass is 10.1. The summed E-state index contributed by atoms with van der Waals surface area (Å²) in [5.74, 6) is 0.892. The van der Waals surface area contributed by atoms with Crippen molar-refractivity contribution >= 4 is 33.5 Å². The molecule has 3 aromatic heterocycles. The zero-order valence-electron chi connectivity index (χ0n) is 18.4. The van der Waals surface area contributed by atoms with E-state index >= 15 is 0 Å². The Morgan fingerprint density at radius 1 is 1.06 bits per heavy atom. The highest BCUT2D eigenvalue weighted by Gasteiger charge is 2.34. The molecule has 0 N–H and O–H groups in total. The molecule has 31 heavy (non-hydrogen) atoms. The van der Waals surface area contributed by atoms with Crippen LogP contribution < -0.4 is 4.90 Å². The molecule has 8 nitrogen and oxygen atoms in total. The van der Waals surface area contributed by atoms with Crippen molar-refractivity contribution in [3.05, 3.63) is 41.4 Å². The van der Waals surface area contributed by atoms with Crippen LogP contribution in [0.2, 0.25) is 0 Å². The average molecular weight is 487 g/mol. The van der Waals surface area contributed by atoms with E-state index in [0.29, 0.717) is 13.1 Å². The summed E-state index contributed by atoms with van der Waals surface area (Å²) in [7, 11) is 0. The molecular weight excluding hydrogens is 460 g/mol. The minimum atomic E-state index is -0.498. The molecule has 0 aromatic carbocycles. The average Bonchev–Trinajstić information content (AvgIpc) is 3.07. The molecule has 4 heterocycles. The van der Waals surface area contributed by atoms with Gasteiger partial charge >= 0.3 is 6.09 Å². The molecule has 0 radical (unpaired) electrons. The number of halogens is 1. The highest BCUT2D eigenvalue weighted by molar-refractivity contribution is 9.10. The van der Waals surface area contributed by atoms with Crippen molar-refractivity contribution < 1.29 is 9.53 Å². The summed E-state index contributed by atoms with van der Waals surface area (Å²) in [6.45, 7) is 11.1. The fourth-order valence-electron chi connectivity index (χ4n) is 3.95. The van der Waals surface area contributed by atoms with E-state index in [0.717, 1.165) is 27.1 Å². The van der Waals surface area contributed by atoms with Crippen LogP contribution in [0.4, 0.5) is 10.6 Å². The molecule has 164 valence electrons. The second-order valence-corrected chi connectivity index (χ2v) is 9.85. The van der Waals surface area contributed by atoms with Gasteiger partial charge < -0.3 is 14.5 Å². The van der Waals surface area contributed by atoms with Crippen molar-refractivity contribution in [3.63, 3.8) is 0 Å². The second kappa shape index (κ2) is 8.11. The first-order chi connectivity index (χ1) is 14.6. The van der Waals surface area contributed by atoms with Gasteiger partial charge in [0.25, 0.3) is 0 Å². The van der Waals surface area contributed by atoms with Crippen LogP contribution in [0, 0.1) is 0 Å². The van der Waals surface area contributed by atoms with E-state index in [1.54, 1.807) is 15.6 Å². The first kappa shape index (κ1) is 21.5. The van der Waals surface area contributed by atoms with Crippen LogP contribution >= 0.6 is 15.9 Å². The summed E-state index contributed by atoms with van der Waals surface area (Å²) >= 11 is 3.44. The molecule has 1 saturated heterocycles. The third-order valence-electron chi connectivity index (χ3n) is 5.23. The van der Waals surface area contributed by atoms with Crippen molar-refractivity contribution in [2.45, 2.75) is 52.3 Å². The summed E-state index contributed by atoms with van der Waals surface area (Å²) in [6, 6.07) is 4.31. The summed E-state index contributed by atoms with van der Waals surface area (Å²) in [5.41, 5.74) is 2.19. The minimum Gasteiger partial charge on any atom is -0.444 e. The van der Waals surface area contributed by atoms with Gasteiger partial charge in [0.15, 0.2) is 5.65 Å². The topological polar surface area (TPSA) is 75.9 Å². The van der Waals surface area contributed by atoms with E-state index in [1.165, 1.54) is 0 Å². The predicted molar refractivity (Wildman–Crippen MR) is 123 cm³/mol. The van der Waals surface area contributed by atoms with Crippen LogP contribution in [-0.2, 0) is 4.74 Å². The van der Waals surface area contributed by atoms with Crippen molar-refractivity contribution in [2.75, 3.05) is 18.0 Å². The number of nitrogens with zero attached hydrogens (tertiary/aromatic N) is 6. The number of carbonyl (C=O) groups is 1. The van der Waals surface area contributed by atoms with E-state index in [9.17, 15) is 4.79 Å². The van der Waals surface area contributed by atoms with Crippen LogP contribution in [0.15, 0.2) is 41.4 Å². The van der Waals surface area contributed by atoms with Crippen LogP contribution in [-0.4, -0.2) is 61.3 Å². The second-order valence-electron chi connectivity index (χ2n) is 9.00. The van der Waals surface area contributed by atoms with E-state index in [-0.39, 0.29) is 18.2 Å². The zero-order valence-corrected chi connectivity index (χ0v) is 20.0. The van der Waals surface area contributed by atoms with Crippen molar-refractivity contribution in [1.29, 1.82) is 0 Å². The van der Waals surface area contributed by atoms with Crippen LogP contribution in [0.1, 0.15) is 34.6 Å². The Balaban J connectivity index is 1.50. The number of piperazine rings is 1. The minimum absolute atomic E-state index is 0.119. The summed E-state index contributed by atoms with van der Waals surface area (Å²) in [4.78, 5) is 25.7. The van der Waals surface area contributed by atoms with Gasteiger partial charge in [0.1, 0.15) is 11.4 Å². The highest BCUT2D eigenvalue weighted by atomic mass is 79.9. The number of pyridine rings is 1. The third kappa shape index (κ3) is 4.51. The first-order valence-electron chi connectivity index (χ1n) is 10.3. The molecular formula is C22H27BrN6O2. The molecule has 1 amide bonds. The van der Waals surface area contributed by atoms with E-state index in [2.05, 4.69) is 44.8 Å². The molecule has 0 aliphatic carbocycles. The van der Waals surface area contributed by atoms with E-state index in [4.69, 9.17) is 9.72 Å².